The Labute approximate surface area is 116 Å². The molecule has 1 aromatic carbocycles. The predicted octanol–water partition coefficient (Wildman–Crippen LogP) is 0.220. The molecule has 1 fully saturated rings. The molecule has 0 radical (unpaired) electrons. The number of hydrogen-bond donors (Lipinski definition) is 3. The Morgan fingerprint density at radius 1 is 1.30 bits per heavy atom. The molecular formula is C13H18FN3O3. The average Bonchev–Trinajstić information content (AvgIpc) is 2.42. The number of piperazine rings is 1. The second-order valence-corrected chi connectivity index (χ2v) is 4.75. The Hall–Kier alpha value is -1.86. The first-order valence-corrected chi connectivity index (χ1v) is 6.43. The number of nitrogens with two attached hydrogens (primary N) is 1. The van der Waals surface area contributed by atoms with E-state index < -0.39 is 17.3 Å². The van der Waals surface area contributed by atoms with E-state index in [9.17, 15) is 9.18 Å². The first-order valence-electron chi connectivity index (χ1n) is 6.43. The average molecular weight is 283 g/mol. The van der Waals surface area contributed by atoms with Crippen molar-refractivity contribution in [3.8, 4) is 0 Å². The van der Waals surface area contributed by atoms with Crippen molar-refractivity contribution in [3.05, 3.63) is 23.5 Å². The Bertz CT molecular complexity index is 502. The van der Waals surface area contributed by atoms with E-state index in [1.165, 1.54) is 6.07 Å². The summed E-state index contributed by atoms with van der Waals surface area (Å²) in [5.74, 6) is -2.10. The molecule has 1 saturated heterocycles. The Morgan fingerprint density at radius 3 is 2.50 bits per heavy atom. The second kappa shape index (κ2) is 6.06. The van der Waals surface area contributed by atoms with Crippen molar-refractivity contribution in [1.29, 1.82) is 0 Å². The van der Waals surface area contributed by atoms with Crippen LogP contribution in [0.1, 0.15) is 10.4 Å². The van der Waals surface area contributed by atoms with Crippen LogP contribution in [-0.2, 0) is 0 Å². The van der Waals surface area contributed by atoms with Crippen molar-refractivity contribution >= 4 is 17.3 Å². The van der Waals surface area contributed by atoms with Gasteiger partial charge in [0.2, 0.25) is 0 Å². The third kappa shape index (κ3) is 3.00. The van der Waals surface area contributed by atoms with Crippen LogP contribution in [0.4, 0.5) is 15.8 Å². The number of carboxylic acids is 1. The number of aliphatic hydroxyl groups excluding tert-OH is 1. The number of hydrogen-bond acceptors (Lipinski definition) is 5. The van der Waals surface area contributed by atoms with E-state index in [1.54, 1.807) is 0 Å². The van der Waals surface area contributed by atoms with Crippen LogP contribution in [0.3, 0.4) is 0 Å². The third-order valence-corrected chi connectivity index (χ3v) is 3.48. The lowest BCUT2D eigenvalue weighted by Gasteiger charge is -2.36. The number of carbonyl (C=O) groups is 1. The minimum absolute atomic E-state index is 0.115. The van der Waals surface area contributed by atoms with E-state index in [1.807, 2.05) is 4.90 Å². The molecule has 4 N–H and O–H groups in total. The lowest BCUT2D eigenvalue weighted by atomic mass is 10.1. The molecule has 0 amide bonds. The zero-order valence-corrected chi connectivity index (χ0v) is 11.0. The minimum atomic E-state index is -1.33. The molecule has 0 atom stereocenters. The Morgan fingerprint density at radius 2 is 1.95 bits per heavy atom. The normalized spacial score (nSPS) is 16.4. The number of nitrogen functional groups attached to an aromatic ring is 1. The number of rotatable bonds is 4. The van der Waals surface area contributed by atoms with Crippen molar-refractivity contribution in [1.82, 2.24) is 4.90 Å². The smallest absolute Gasteiger partial charge is 0.338 e. The van der Waals surface area contributed by atoms with E-state index in [2.05, 4.69) is 4.90 Å². The van der Waals surface area contributed by atoms with Gasteiger partial charge < -0.3 is 20.8 Å². The highest BCUT2D eigenvalue weighted by molar-refractivity contribution is 5.91. The number of aliphatic hydroxyl groups is 1. The van der Waals surface area contributed by atoms with E-state index in [4.69, 9.17) is 15.9 Å². The summed E-state index contributed by atoms with van der Waals surface area (Å²) in [6.07, 6.45) is 0. The first kappa shape index (κ1) is 14.5. The highest BCUT2D eigenvalue weighted by Crippen LogP contribution is 2.27. The van der Waals surface area contributed by atoms with Gasteiger partial charge in [-0.2, -0.15) is 0 Å². The first-order chi connectivity index (χ1) is 9.52. The Balaban J connectivity index is 2.14. The maximum Gasteiger partial charge on any atom is 0.338 e. The van der Waals surface area contributed by atoms with E-state index in [0.29, 0.717) is 25.3 Å². The fourth-order valence-electron chi connectivity index (χ4n) is 2.37. The fourth-order valence-corrected chi connectivity index (χ4v) is 2.37. The zero-order valence-electron chi connectivity index (χ0n) is 11.0. The molecule has 1 heterocycles. The number of aromatic carboxylic acids is 1. The molecule has 7 heteroatoms. The highest BCUT2D eigenvalue weighted by atomic mass is 19.1. The van der Waals surface area contributed by atoms with Gasteiger partial charge in [0, 0.05) is 38.8 Å². The van der Waals surface area contributed by atoms with Crippen molar-refractivity contribution < 1.29 is 19.4 Å². The number of anilines is 2. The van der Waals surface area contributed by atoms with Crippen LogP contribution in [0.15, 0.2) is 12.1 Å². The topological polar surface area (TPSA) is 90.0 Å². The molecule has 1 aromatic rings. The van der Waals surface area contributed by atoms with Gasteiger partial charge in [-0.25, -0.2) is 9.18 Å². The zero-order chi connectivity index (χ0) is 14.7. The van der Waals surface area contributed by atoms with Crippen molar-refractivity contribution in [3.63, 3.8) is 0 Å². The van der Waals surface area contributed by atoms with Gasteiger partial charge in [-0.1, -0.05) is 0 Å². The molecule has 0 bridgehead atoms. The lowest BCUT2D eigenvalue weighted by Crippen LogP contribution is -2.47. The van der Waals surface area contributed by atoms with Gasteiger partial charge in [0.25, 0.3) is 0 Å². The van der Waals surface area contributed by atoms with Crippen LogP contribution < -0.4 is 10.6 Å². The monoisotopic (exact) mass is 283 g/mol. The molecule has 0 saturated carbocycles. The molecule has 110 valence electrons. The van der Waals surface area contributed by atoms with E-state index >= 15 is 0 Å². The summed E-state index contributed by atoms with van der Waals surface area (Å²) in [5, 5.41) is 17.7. The summed E-state index contributed by atoms with van der Waals surface area (Å²) >= 11 is 0. The molecule has 1 aliphatic heterocycles. The third-order valence-electron chi connectivity index (χ3n) is 3.48. The second-order valence-electron chi connectivity index (χ2n) is 4.75. The fraction of sp³-hybridized carbons (Fsp3) is 0.462. The van der Waals surface area contributed by atoms with Crippen molar-refractivity contribution in [2.45, 2.75) is 0 Å². The van der Waals surface area contributed by atoms with E-state index in [-0.39, 0.29) is 12.3 Å². The lowest BCUT2D eigenvalue weighted by molar-refractivity contribution is 0.0692. The van der Waals surface area contributed by atoms with Gasteiger partial charge in [-0.15, -0.1) is 0 Å². The largest absolute Gasteiger partial charge is 0.478 e. The summed E-state index contributed by atoms with van der Waals surface area (Å²) in [6.45, 7) is 3.57. The summed E-state index contributed by atoms with van der Waals surface area (Å²) in [5.41, 5.74) is 6.20. The number of benzene rings is 1. The molecule has 6 nitrogen and oxygen atoms in total. The van der Waals surface area contributed by atoms with E-state index in [0.717, 1.165) is 19.2 Å². The van der Waals surface area contributed by atoms with Gasteiger partial charge in [0.1, 0.15) is 5.82 Å². The summed E-state index contributed by atoms with van der Waals surface area (Å²) in [7, 11) is 0. The van der Waals surface area contributed by atoms with Gasteiger partial charge in [-0.05, 0) is 6.07 Å². The molecular weight excluding hydrogens is 265 g/mol. The predicted molar refractivity (Wildman–Crippen MR) is 73.5 cm³/mol. The van der Waals surface area contributed by atoms with Crippen LogP contribution >= 0.6 is 0 Å². The van der Waals surface area contributed by atoms with Gasteiger partial charge in [-0.3, -0.25) is 4.90 Å². The SMILES string of the molecule is Nc1cc(C(=O)O)c(F)cc1N1CCN(CCO)CC1. The van der Waals surface area contributed by atoms with Gasteiger partial charge >= 0.3 is 5.97 Å². The molecule has 0 unspecified atom stereocenters. The van der Waals surface area contributed by atoms with Crippen molar-refractivity contribution in [2.75, 3.05) is 50.0 Å². The molecule has 1 aliphatic rings. The standard InChI is InChI=1S/C13H18FN3O3/c14-10-8-12(11(15)7-9(10)13(19)20)17-3-1-16(2-4-17)5-6-18/h7-8,18H,1-6,15H2,(H,19,20). The minimum Gasteiger partial charge on any atom is -0.478 e. The number of halogens is 1. The van der Waals surface area contributed by atoms with Gasteiger partial charge in [0.05, 0.1) is 23.5 Å². The quantitative estimate of drug-likeness (QED) is 0.685. The number of nitrogens with zero attached hydrogens (tertiary/aromatic N) is 2. The van der Waals surface area contributed by atoms with Crippen LogP contribution in [0.25, 0.3) is 0 Å². The van der Waals surface area contributed by atoms with Crippen LogP contribution in [0.5, 0.6) is 0 Å². The molecule has 0 spiro atoms. The summed E-state index contributed by atoms with van der Waals surface area (Å²) < 4.78 is 13.7. The maximum atomic E-state index is 13.7. The van der Waals surface area contributed by atoms with Crippen LogP contribution in [-0.4, -0.2) is 60.4 Å². The highest BCUT2D eigenvalue weighted by Gasteiger charge is 2.21. The summed E-state index contributed by atoms with van der Waals surface area (Å²) in [6, 6.07) is 2.34. The van der Waals surface area contributed by atoms with Crippen LogP contribution in [0.2, 0.25) is 0 Å². The van der Waals surface area contributed by atoms with Crippen LogP contribution in [0, 0.1) is 5.82 Å². The summed E-state index contributed by atoms with van der Waals surface area (Å²) in [4.78, 5) is 14.9. The van der Waals surface area contributed by atoms with Gasteiger partial charge in [0.15, 0.2) is 0 Å². The maximum absolute atomic E-state index is 13.7. The molecule has 0 aliphatic carbocycles. The molecule has 2 rings (SSSR count). The number of carboxylic acid groups (broad SMARTS) is 1. The van der Waals surface area contributed by atoms with Crippen molar-refractivity contribution in [2.24, 2.45) is 0 Å². The Kier molecular flexibility index (Phi) is 4.41. The molecule has 20 heavy (non-hydrogen) atoms. The molecule has 0 aromatic heterocycles. The number of β-amino-alcohol motifs (C(OH)–C–C–N with tert-alkyl or cyclic N) is 1.